The van der Waals surface area contributed by atoms with Gasteiger partial charge in [-0.05, 0) is 48.0 Å². The number of carbonyl (C=O) groups excluding carboxylic acids is 1. The Balaban J connectivity index is 1.41. The van der Waals surface area contributed by atoms with Crippen LogP contribution in [0.15, 0.2) is 128 Å². The average molecular weight is 511 g/mol. The maximum absolute atomic E-state index is 12.7. The van der Waals surface area contributed by atoms with Crippen molar-refractivity contribution in [3.63, 3.8) is 0 Å². The maximum atomic E-state index is 12.7. The normalized spacial score (nSPS) is 10.9. The Morgan fingerprint density at radius 2 is 1.38 bits per heavy atom. The molecule has 0 unspecified atom stereocenters. The number of rotatable bonds is 7. The van der Waals surface area contributed by atoms with Gasteiger partial charge in [0.05, 0.1) is 17.1 Å². The van der Waals surface area contributed by atoms with E-state index in [4.69, 9.17) is 9.84 Å². The minimum atomic E-state index is -0.171. The summed E-state index contributed by atoms with van der Waals surface area (Å²) in [6, 6.07) is 39.7. The molecule has 2 aromatic heterocycles. The Kier molecular flexibility index (Phi) is 6.58. The van der Waals surface area contributed by atoms with Gasteiger partial charge >= 0.3 is 0 Å². The van der Waals surface area contributed by atoms with Crippen LogP contribution in [0.3, 0.4) is 0 Å². The number of ether oxygens (including phenoxy) is 1. The number of carbonyl (C=O) groups is 1. The molecule has 0 aliphatic carbocycles. The lowest BCUT2D eigenvalue weighted by Gasteiger charge is -2.08. The summed E-state index contributed by atoms with van der Waals surface area (Å²) in [5.41, 5.74) is 6.84. The van der Waals surface area contributed by atoms with E-state index >= 15 is 0 Å². The summed E-state index contributed by atoms with van der Waals surface area (Å²) in [6.07, 6.45) is 1.95. The van der Waals surface area contributed by atoms with Crippen LogP contribution in [-0.4, -0.2) is 25.5 Å². The summed E-state index contributed by atoms with van der Waals surface area (Å²) in [7, 11) is 0. The van der Waals surface area contributed by atoms with E-state index in [0.29, 0.717) is 12.3 Å². The third-order valence-electron chi connectivity index (χ3n) is 6.46. The number of nitrogens with zero attached hydrogens (tertiary/aromatic N) is 4. The molecular weight excluding hydrogens is 484 g/mol. The van der Waals surface area contributed by atoms with Crippen LogP contribution in [0.1, 0.15) is 17.3 Å². The van der Waals surface area contributed by atoms with E-state index in [2.05, 4.69) is 5.10 Å². The molecule has 0 atom stereocenters. The van der Waals surface area contributed by atoms with Gasteiger partial charge < -0.3 is 4.74 Å². The van der Waals surface area contributed by atoms with Gasteiger partial charge in [0, 0.05) is 29.8 Å². The van der Waals surface area contributed by atoms with Crippen LogP contribution < -0.4 is 4.74 Å². The molecule has 0 bridgehead atoms. The predicted molar refractivity (Wildman–Crippen MR) is 153 cm³/mol. The van der Waals surface area contributed by atoms with Crippen LogP contribution in [-0.2, 0) is 6.61 Å². The van der Waals surface area contributed by atoms with E-state index in [0.717, 1.165) is 45.1 Å². The molecule has 0 saturated heterocycles. The quantitative estimate of drug-likeness (QED) is 0.226. The number of aromatic nitrogens is 4. The van der Waals surface area contributed by atoms with Crippen molar-refractivity contribution >= 4 is 5.91 Å². The van der Waals surface area contributed by atoms with Crippen LogP contribution in [0, 0.1) is 0 Å². The van der Waals surface area contributed by atoms with Crippen molar-refractivity contribution in [2.24, 2.45) is 0 Å². The second-order valence-electron chi connectivity index (χ2n) is 9.18. The topological polar surface area (TPSA) is 61.9 Å². The Bertz CT molecular complexity index is 1700. The van der Waals surface area contributed by atoms with Gasteiger partial charge in [-0.25, -0.2) is 4.68 Å². The summed E-state index contributed by atoms with van der Waals surface area (Å²) >= 11 is 0. The van der Waals surface area contributed by atoms with Gasteiger partial charge in [-0.2, -0.15) is 14.9 Å². The van der Waals surface area contributed by atoms with Crippen LogP contribution in [0.5, 0.6) is 5.75 Å². The van der Waals surface area contributed by atoms with Gasteiger partial charge in [0.1, 0.15) is 18.1 Å². The van der Waals surface area contributed by atoms with E-state index in [1.165, 1.54) is 11.6 Å². The zero-order valence-corrected chi connectivity index (χ0v) is 21.4. The van der Waals surface area contributed by atoms with Gasteiger partial charge in [-0.15, -0.1) is 0 Å². The first kappa shape index (κ1) is 24.1. The number of hydrogen-bond donors (Lipinski definition) is 0. The van der Waals surface area contributed by atoms with E-state index in [1.807, 2.05) is 132 Å². The molecule has 0 fully saturated rings. The first-order valence-electron chi connectivity index (χ1n) is 12.7. The summed E-state index contributed by atoms with van der Waals surface area (Å²) in [5, 5.41) is 9.61. The van der Waals surface area contributed by atoms with E-state index in [-0.39, 0.29) is 5.91 Å². The number of hydrogen-bond acceptors (Lipinski definition) is 4. The van der Waals surface area contributed by atoms with Crippen LogP contribution in [0.25, 0.3) is 39.5 Å². The summed E-state index contributed by atoms with van der Waals surface area (Å²) in [4.78, 5) is 12.7. The largest absolute Gasteiger partial charge is 0.489 e. The highest BCUT2D eigenvalue weighted by Crippen LogP contribution is 2.35. The third-order valence-corrected chi connectivity index (χ3v) is 6.46. The maximum Gasteiger partial charge on any atom is 0.244 e. The summed E-state index contributed by atoms with van der Waals surface area (Å²) in [6.45, 7) is 2.01. The fraction of sp³-hybridized carbons (Fsp3) is 0.0606. The van der Waals surface area contributed by atoms with Gasteiger partial charge in [-0.1, -0.05) is 78.9 Å². The molecule has 6 rings (SSSR count). The van der Waals surface area contributed by atoms with Crippen LogP contribution in [0.4, 0.5) is 0 Å². The van der Waals surface area contributed by atoms with Crippen molar-refractivity contribution < 1.29 is 9.53 Å². The Labute approximate surface area is 226 Å². The summed E-state index contributed by atoms with van der Waals surface area (Å²) in [5.74, 6) is 0.599. The lowest BCUT2D eigenvalue weighted by Crippen LogP contribution is -2.09. The molecule has 6 nitrogen and oxygen atoms in total. The second-order valence-corrected chi connectivity index (χ2v) is 9.18. The molecule has 0 amide bonds. The molecule has 190 valence electrons. The molecule has 0 N–H and O–H groups in total. The van der Waals surface area contributed by atoms with Crippen molar-refractivity contribution in [1.82, 2.24) is 19.6 Å². The standard InChI is InChI=1S/C33H26N4O2/c1-24(38)37-32(21-31(34-37)26-13-7-3-8-14-26)30-22-36(28-15-9-4-10-16-28)35-33(30)27-17-19-29(20-18-27)39-23-25-11-5-2-6-12-25/h2-22H,23H2,1H3. The Hall–Kier alpha value is -5.23. The van der Waals surface area contributed by atoms with Crippen molar-refractivity contribution in [2.45, 2.75) is 13.5 Å². The summed E-state index contributed by atoms with van der Waals surface area (Å²) < 4.78 is 9.28. The average Bonchev–Trinajstić information content (AvgIpc) is 3.64. The highest BCUT2D eigenvalue weighted by Gasteiger charge is 2.21. The molecule has 39 heavy (non-hydrogen) atoms. The first-order valence-corrected chi connectivity index (χ1v) is 12.7. The zero-order chi connectivity index (χ0) is 26.6. The lowest BCUT2D eigenvalue weighted by atomic mass is 10.0. The van der Waals surface area contributed by atoms with Crippen molar-refractivity contribution in [3.8, 4) is 45.2 Å². The monoisotopic (exact) mass is 510 g/mol. The molecule has 0 radical (unpaired) electrons. The van der Waals surface area contributed by atoms with Crippen LogP contribution in [0.2, 0.25) is 0 Å². The van der Waals surface area contributed by atoms with E-state index in [9.17, 15) is 4.79 Å². The SMILES string of the molecule is CC(=O)n1nc(-c2ccccc2)cc1-c1cn(-c2ccccc2)nc1-c1ccc(OCc2ccccc2)cc1. The van der Waals surface area contributed by atoms with Crippen molar-refractivity contribution in [1.29, 1.82) is 0 Å². The smallest absolute Gasteiger partial charge is 0.244 e. The fourth-order valence-electron chi connectivity index (χ4n) is 4.50. The molecule has 0 aliphatic rings. The molecule has 6 heteroatoms. The van der Waals surface area contributed by atoms with E-state index < -0.39 is 0 Å². The fourth-order valence-corrected chi connectivity index (χ4v) is 4.50. The molecule has 4 aromatic carbocycles. The minimum absolute atomic E-state index is 0.171. The highest BCUT2D eigenvalue weighted by molar-refractivity contribution is 5.88. The van der Waals surface area contributed by atoms with Gasteiger partial charge in [0.25, 0.3) is 0 Å². The number of benzene rings is 4. The highest BCUT2D eigenvalue weighted by atomic mass is 16.5. The molecular formula is C33H26N4O2. The second kappa shape index (κ2) is 10.6. The van der Waals surface area contributed by atoms with Gasteiger partial charge in [0.2, 0.25) is 5.91 Å². The Morgan fingerprint density at radius 3 is 2.05 bits per heavy atom. The Morgan fingerprint density at radius 1 is 0.744 bits per heavy atom. The molecule has 0 saturated carbocycles. The van der Waals surface area contributed by atoms with Crippen LogP contribution >= 0.6 is 0 Å². The van der Waals surface area contributed by atoms with Crippen molar-refractivity contribution in [3.05, 3.63) is 133 Å². The van der Waals surface area contributed by atoms with Crippen molar-refractivity contribution in [2.75, 3.05) is 0 Å². The molecule has 6 aromatic rings. The molecule has 0 spiro atoms. The third kappa shape index (κ3) is 5.13. The zero-order valence-electron chi connectivity index (χ0n) is 21.4. The lowest BCUT2D eigenvalue weighted by molar-refractivity contribution is 0.0923. The first-order chi connectivity index (χ1) is 19.2. The molecule has 0 aliphatic heterocycles. The van der Waals surface area contributed by atoms with Gasteiger partial charge in [-0.3, -0.25) is 4.79 Å². The van der Waals surface area contributed by atoms with Gasteiger partial charge in [0.15, 0.2) is 0 Å². The predicted octanol–water partition coefficient (Wildman–Crippen LogP) is 7.31. The minimum Gasteiger partial charge on any atom is -0.489 e. The van der Waals surface area contributed by atoms with E-state index in [1.54, 1.807) is 0 Å². The molecule has 2 heterocycles. The number of para-hydroxylation sites is 1.